The molecule has 1 aliphatic heterocycles. The molecule has 1 aliphatic rings. The molecule has 0 amide bonds. The minimum absolute atomic E-state index is 0.320. The lowest BCUT2D eigenvalue weighted by atomic mass is 10.1. The second-order valence-electron chi connectivity index (χ2n) is 7.21. The van der Waals surface area contributed by atoms with Crippen molar-refractivity contribution in [3.63, 3.8) is 0 Å². The molecule has 1 saturated heterocycles. The van der Waals surface area contributed by atoms with Gasteiger partial charge < -0.3 is 9.47 Å². The Kier molecular flexibility index (Phi) is 10.4. The average Bonchev–Trinajstić information content (AvgIpc) is 3.46. The minimum atomic E-state index is 0.320. The predicted molar refractivity (Wildman–Crippen MR) is 107 cm³/mol. The number of unbranched alkanes of at least 4 members (excludes halogenated alkanes) is 10. The van der Waals surface area contributed by atoms with Crippen LogP contribution in [0.3, 0.4) is 0 Å². The van der Waals surface area contributed by atoms with Crippen LogP contribution in [0.2, 0.25) is 0 Å². The van der Waals surface area contributed by atoms with Gasteiger partial charge >= 0.3 is 0 Å². The van der Waals surface area contributed by atoms with E-state index in [1.807, 2.05) is 12.1 Å². The Bertz CT molecular complexity index is 459. The maximum absolute atomic E-state index is 5.65. The first kappa shape index (κ1) is 20.0. The van der Waals surface area contributed by atoms with Gasteiger partial charge in [0.05, 0.1) is 6.61 Å². The molecule has 1 fully saturated rings. The highest BCUT2D eigenvalue weighted by molar-refractivity contribution is 5.50. The maximum Gasteiger partial charge on any atom is 0.119 e. The summed E-state index contributed by atoms with van der Waals surface area (Å²) in [7, 11) is 0. The van der Waals surface area contributed by atoms with Crippen molar-refractivity contribution in [3.8, 4) is 5.75 Å². The number of hydrogen-bond donors (Lipinski definition) is 0. The highest BCUT2D eigenvalue weighted by atomic mass is 16.6. The Hall–Kier alpha value is -1.28. The van der Waals surface area contributed by atoms with Crippen molar-refractivity contribution < 1.29 is 9.47 Å². The zero-order chi connectivity index (χ0) is 17.6. The topological polar surface area (TPSA) is 21.8 Å². The number of rotatable bonds is 15. The van der Waals surface area contributed by atoms with E-state index in [9.17, 15) is 0 Å². The second kappa shape index (κ2) is 13.0. The van der Waals surface area contributed by atoms with E-state index in [4.69, 9.17) is 9.47 Å². The summed E-state index contributed by atoms with van der Waals surface area (Å²) < 4.78 is 10.8. The molecule has 1 heterocycles. The molecule has 0 radical (unpaired) electrons. The molecular formula is C23H36O2. The van der Waals surface area contributed by atoms with Crippen molar-refractivity contribution in [1.29, 1.82) is 0 Å². The molecule has 25 heavy (non-hydrogen) atoms. The van der Waals surface area contributed by atoms with Gasteiger partial charge in [0.2, 0.25) is 0 Å². The largest absolute Gasteiger partial charge is 0.491 e. The van der Waals surface area contributed by atoms with Gasteiger partial charge in [-0.2, -0.15) is 0 Å². The Labute approximate surface area is 154 Å². The van der Waals surface area contributed by atoms with Crippen molar-refractivity contribution in [3.05, 3.63) is 35.9 Å². The third-order valence-corrected chi connectivity index (χ3v) is 4.75. The molecule has 0 bridgehead atoms. The summed E-state index contributed by atoms with van der Waals surface area (Å²) in [5, 5.41) is 0. The first-order valence-corrected chi connectivity index (χ1v) is 10.4. The summed E-state index contributed by atoms with van der Waals surface area (Å²) in [5.41, 5.74) is 1.25. The highest BCUT2D eigenvalue weighted by Gasteiger charge is 2.22. The van der Waals surface area contributed by atoms with Gasteiger partial charge in [0.1, 0.15) is 18.5 Å². The van der Waals surface area contributed by atoms with Crippen LogP contribution in [0, 0.1) is 0 Å². The third-order valence-electron chi connectivity index (χ3n) is 4.75. The maximum atomic E-state index is 5.65. The monoisotopic (exact) mass is 344 g/mol. The molecule has 2 nitrogen and oxygen atoms in total. The van der Waals surface area contributed by atoms with E-state index in [0.717, 1.165) is 12.4 Å². The SMILES string of the molecule is CCCCCCCCCCCC/C=C/c1ccc(OCC2CO2)cc1. The molecule has 0 spiro atoms. The smallest absolute Gasteiger partial charge is 0.119 e. The second-order valence-corrected chi connectivity index (χ2v) is 7.21. The molecule has 1 aromatic rings. The normalized spacial score (nSPS) is 16.4. The van der Waals surface area contributed by atoms with E-state index in [1.54, 1.807) is 0 Å². The molecule has 1 unspecified atom stereocenters. The van der Waals surface area contributed by atoms with Crippen LogP contribution in [0.5, 0.6) is 5.75 Å². The summed E-state index contributed by atoms with van der Waals surface area (Å²) in [4.78, 5) is 0. The fourth-order valence-electron chi connectivity index (χ4n) is 3.00. The molecule has 140 valence electrons. The van der Waals surface area contributed by atoms with Crippen LogP contribution < -0.4 is 4.74 Å². The van der Waals surface area contributed by atoms with E-state index in [2.05, 4.69) is 31.2 Å². The summed E-state index contributed by atoms with van der Waals surface area (Å²) in [5.74, 6) is 0.933. The van der Waals surface area contributed by atoms with Crippen molar-refractivity contribution in [2.24, 2.45) is 0 Å². The van der Waals surface area contributed by atoms with Crippen LogP contribution in [0.15, 0.2) is 30.3 Å². The zero-order valence-electron chi connectivity index (χ0n) is 16.1. The Balaban J connectivity index is 1.43. The molecule has 0 saturated carbocycles. The number of ether oxygens (including phenoxy) is 2. The third kappa shape index (κ3) is 10.3. The summed E-state index contributed by atoms with van der Waals surface area (Å²) in [6.45, 7) is 3.80. The van der Waals surface area contributed by atoms with E-state index < -0.39 is 0 Å². The van der Waals surface area contributed by atoms with Crippen LogP contribution in [0.4, 0.5) is 0 Å². The minimum Gasteiger partial charge on any atom is -0.491 e. The quantitative estimate of drug-likeness (QED) is 0.258. The standard InChI is InChI=1S/C23H36O2/c1-2-3-4-5-6-7-8-9-10-11-12-13-14-21-15-17-22(18-16-21)24-19-23-20-25-23/h13-18,23H,2-12,19-20H2,1H3/b14-13+. The van der Waals surface area contributed by atoms with Gasteiger partial charge in [0, 0.05) is 0 Å². The fourth-order valence-corrected chi connectivity index (χ4v) is 3.00. The van der Waals surface area contributed by atoms with Gasteiger partial charge in [-0.1, -0.05) is 89.0 Å². The Morgan fingerprint density at radius 3 is 2.12 bits per heavy atom. The summed E-state index contributed by atoms with van der Waals surface area (Å²) in [6, 6.07) is 8.33. The zero-order valence-corrected chi connectivity index (χ0v) is 16.1. The van der Waals surface area contributed by atoms with E-state index >= 15 is 0 Å². The van der Waals surface area contributed by atoms with E-state index in [-0.39, 0.29) is 0 Å². The number of allylic oxidation sites excluding steroid dienone is 1. The van der Waals surface area contributed by atoms with Crippen molar-refractivity contribution in [2.45, 2.75) is 83.7 Å². The van der Waals surface area contributed by atoms with Gasteiger partial charge in [-0.3, -0.25) is 0 Å². The van der Waals surface area contributed by atoms with Crippen LogP contribution in [0.25, 0.3) is 6.08 Å². The number of hydrogen-bond acceptors (Lipinski definition) is 2. The molecule has 2 rings (SSSR count). The lowest BCUT2D eigenvalue weighted by Crippen LogP contribution is -2.03. The Morgan fingerprint density at radius 1 is 0.920 bits per heavy atom. The summed E-state index contributed by atoms with van der Waals surface area (Å²) in [6.07, 6.45) is 20.0. The lowest BCUT2D eigenvalue weighted by Gasteiger charge is -2.04. The predicted octanol–water partition coefficient (Wildman–Crippen LogP) is 6.79. The summed E-state index contributed by atoms with van der Waals surface area (Å²) >= 11 is 0. The van der Waals surface area contributed by atoms with Gasteiger partial charge in [-0.05, 0) is 30.5 Å². The van der Waals surface area contributed by atoms with Crippen LogP contribution >= 0.6 is 0 Å². The average molecular weight is 345 g/mol. The highest BCUT2D eigenvalue weighted by Crippen LogP contribution is 2.17. The van der Waals surface area contributed by atoms with Crippen molar-refractivity contribution in [1.82, 2.24) is 0 Å². The number of benzene rings is 1. The number of epoxide rings is 1. The van der Waals surface area contributed by atoms with Gasteiger partial charge in [-0.25, -0.2) is 0 Å². The van der Waals surface area contributed by atoms with Crippen molar-refractivity contribution >= 4 is 6.08 Å². The van der Waals surface area contributed by atoms with Crippen LogP contribution in [-0.2, 0) is 4.74 Å². The molecular weight excluding hydrogens is 308 g/mol. The molecule has 1 aromatic carbocycles. The van der Waals surface area contributed by atoms with Crippen molar-refractivity contribution in [2.75, 3.05) is 13.2 Å². The van der Waals surface area contributed by atoms with Gasteiger partial charge in [0.15, 0.2) is 0 Å². The molecule has 1 atom stereocenters. The van der Waals surface area contributed by atoms with E-state index in [0.29, 0.717) is 12.7 Å². The molecule has 0 aliphatic carbocycles. The molecule has 2 heteroatoms. The van der Waals surface area contributed by atoms with Crippen LogP contribution in [0.1, 0.15) is 83.1 Å². The van der Waals surface area contributed by atoms with E-state index in [1.165, 1.54) is 76.2 Å². The first-order chi connectivity index (χ1) is 12.4. The van der Waals surface area contributed by atoms with Crippen LogP contribution in [-0.4, -0.2) is 19.3 Å². The molecule has 0 N–H and O–H groups in total. The Morgan fingerprint density at radius 2 is 1.52 bits per heavy atom. The first-order valence-electron chi connectivity index (χ1n) is 10.4. The van der Waals surface area contributed by atoms with Gasteiger partial charge in [0.25, 0.3) is 0 Å². The fraction of sp³-hybridized carbons (Fsp3) is 0.652. The lowest BCUT2D eigenvalue weighted by molar-refractivity contribution is 0.263. The molecule has 0 aromatic heterocycles. The van der Waals surface area contributed by atoms with Gasteiger partial charge in [-0.15, -0.1) is 0 Å².